The van der Waals surface area contributed by atoms with Gasteiger partial charge in [-0.1, -0.05) is 20.8 Å². The molecule has 0 saturated carbocycles. The molecule has 2 heterocycles. The van der Waals surface area contributed by atoms with E-state index in [1.54, 1.807) is 0 Å². The van der Waals surface area contributed by atoms with E-state index in [0.29, 0.717) is 12.5 Å². The van der Waals surface area contributed by atoms with Gasteiger partial charge in [0.15, 0.2) is 5.03 Å². The van der Waals surface area contributed by atoms with Gasteiger partial charge in [-0.05, 0) is 25.2 Å². The van der Waals surface area contributed by atoms with Crippen molar-refractivity contribution in [1.29, 1.82) is 0 Å². The van der Waals surface area contributed by atoms with Crippen LogP contribution >= 0.6 is 0 Å². The summed E-state index contributed by atoms with van der Waals surface area (Å²) >= 11 is 0. The number of sulfonamides is 1. The highest BCUT2D eigenvalue weighted by molar-refractivity contribution is 7.89. The molecule has 0 bridgehead atoms. The molecule has 0 aromatic carbocycles. The van der Waals surface area contributed by atoms with Crippen molar-refractivity contribution in [3.8, 4) is 0 Å². The third-order valence-electron chi connectivity index (χ3n) is 3.62. The topological polar surface area (TPSA) is 64.0 Å². The van der Waals surface area contributed by atoms with E-state index in [9.17, 15) is 8.42 Å². The lowest BCUT2D eigenvalue weighted by molar-refractivity contribution is 0.405. The van der Waals surface area contributed by atoms with Gasteiger partial charge in [-0.2, -0.15) is 0 Å². The molecule has 1 aliphatic rings. The summed E-state index contributed by atoms with van der Waals surface area (Å²) in [5.74, 6) is 1.41. The van der Waals surface area contributed by atoms with Gasteiger partial charge < -0.3 is 4.57 Å². The number of hydrogen-bond acceptors (Lipinski definition) is 3. The van der Waals surface area contributed by atoms with Crippen molar-refractivity contribution < 1.29 is 8.42 Å². The fourth-order valence-corrected chi connectivity index (χ4v) is 3.89. The highest BCUT2D eigenvalue weighted by atomic mass is 32.2. The molecular weight excluding hydrogens is 262 g/mol. The summed E-state index contributed by atoms with van der Waals surface area (Å²) < 4.78 is 29.3. The molecule has 108 valence electrons. The van der Waals surface area contributed by atoms with Gasteiger partial charge in [0.25, 0.3) is 10.0 Å². The molecular formula is C13H23N3O2S. The van der Waals surface area contributed by atoms with Crippen molar-refractivity contribution in [1.82, 2.24) is 14.3 Å². The van der Waals surface area contributed by atoms with E-state index < -0.39 is 10.0 Å². The first-order valence-corrected chi connectivity index (χ1v) is 8.55. The Hall–Kier alpha value is -0.880. The molecule has 6 heteroatoms. The third-order valence-corrected chi connectivity index (χ3v) is 5.04. The second-order valence-electron chi connectivity index (χ2n) is 5.28. The van der Waals surface area contributed by atoms with Crippen LogP contribution in [0, 0.1) is 5.92 Å². The van der Waals surface area contributed by atoms with Gasteiger partial charge in [0.2, 0.25) is 0 Å². The highest BCUT2D eigenvalue weighted by Gasteiger charge is 2.29. The number of fused-ring (bicyclic) bond motifs is 1. The van der Waals surface area contributed by atoms with Crippen molar-refractivity contribution in [2.45, 2.75) is 58.0 Å². The van der Waals surface area contributed by atoms with Gasteiger partial charge in [0, 0.05) is 19.5 Å². The zero-order chi connectivity index (χ0) is 14.0. The number of nitrogens with one attached hydrogen (secondary N) is 1. The predicted molar refractivity (Wildman–Crippen MR) is 74.6 cm³/mol. The van der Waals surface area contributed by atoms with E-state index in [1.807, 2.05) is 13.8 Å². The van der Waals surface area contributed by atoms with Crippen LogP contribution in [-0.4, -0.2) is 24.5 Å². The minimum Gasteiger partial charge on any atom is -0.331 e. The van der Waals surface area contributed by atoms with E-state index in [0.717, 1.165) is 43.7 Å². The lowest BCUT2D eigenvalue weighted by Gasteiger charge is -2.22. The van der Waals surface area contributed by atoms with Gasteiger partial charge in [-0.3, -0.25) is 0 Å². The summed E-state index contributed by atoms with van der Waals surface area (Å²) in [4.78, 5) is 4.38. The molecule has 0 radical (unpaired) electrons. The Morgan fingerprint density at radius 2 is 2.16 bits per heavy atom. The molecule has 0 spiro atoms. The molecule has 1 atom stereocenters. The number of aryl methyl sites for hydroxylation is 1. The van der Waals surface area contributed by atoms with E-state index in [2.05, 4.69) is 21.2 Å². The van der Waals surface area contributed by atoms with Crippen molar-refractivity contribution >= 4 is 10.0 Å². The number of hydrogen-bond donors (Lipinski definition) is 1. The van der Waals surface area contributed by atoms with E-state index in [-0.39, 0.29) is 5.03 Å². The number of rotatable bonds is 5. The summed E-state index contributed by atoms with van der Waals surface area (Å²) in [6, 6.07) is 0. The van der Waals surface area contributed by atoms with Crippen LogP contribution in [-0.2, 0) is 29.4 Å². The van der Waals surface area contributed by atoms with Gasteiger partial charge in [-0.15, -0.1) is 0 Å². The Labute approximate surface area is 115 Å². The minimum absolute atomic E-state index is 0.254. The molecule has 1 aromatic rings. The quantitative estimate of drug-likeness (QED) is 0.896. The normalized spacial score (nSPS) is 19.4. The van der Waals surface area contributed by atoms with Gasteiger partial charge in [0.1, 0.15) is 5.82 Å². The molecule has 1 aromatic heterocycles. The van der Waals surface area contributed by atoms with Gasteiger partial charge in [-0.25, -0.2) is 18.1 Å². The fourth-order valence-electron chi connectivity index (χ4n) is 2.55. The molecule has 0 aliphatic carbocycles. The Kier molecular flexibility index (Phi) is 4.30. The summed E-state index contributed by atoms with van der Waals surface area (Å²) in [6.07, 6.45) is 3.45. The largest absolute Gasteiger partial charge is 0.331 e. The molecule has 1 unspecified atom stereocenters. The van der Waals surface area contributed by atoms with Crippen LogP contribution in [0.4, 0.5) is 0 Å². The Bertz CT molecular complexity index is 548. The molecule has 0 amide bonds. The smallest absolute Gasteiger partial charge is 0.259 e. The van der Waals surface area contributed by atoms with Crippen molar-refractivity contribution in [3.63, 3.8) is 0 Å². The maximum Gasteiger partial charge on any atom is 0.259 e. The minimum atomic E-state index is -3.46. The number of nitrogens with zero attached hydrogens (tertiary/aromatic N) is 2. The van der Waals surface area contributed by atoms with Crippen LogP contribution < -0.4 is 4.72 Å². The van der Waals surface area contributed by atoms with Crippen LogP contribution in [0.3, 0.4) is 0 Å². The van der Waals surface area contributed by atoms with E-state index in [4.69, 9.17) is 0 Å². The first-order chi connectivity index (χ1) is 8.99. The summed E-state index contributed by atoms with van der Waals surface area (Å²) in [5.41, 5.74) is 0.888. The van der Waals surface area contributed by atoms with Crippen LogP contribution in [0.25, 0.3) is 0 Å². The maximum atomic E-state index is 12.3. The van der Waals surface area contributed by atoms with Crippen LogP contribution in [0.5, 0.6) is 0 Å². The van der Waals surface area contributed by atoms with Crippen LogP contribution in [0.1, 0.15) is 45.1 Å². The molecule has 1 aliphatic heterocycles. The fraction of sp³-hybridized carbons (Fsp3) is 0.769. The summed E-state index contributed by atoms with van der Waals surface area (Å²) in [7, 11) is -3.46. The molecule has 5 nitrogen and oxygen atoms in total. The van der Waals surface area contributed by atoms with Crippen molar-refractivity contribution in [3.05, 3.63) is 11.5 Å². The molecule has 1 N–H and O–H groups in total. The lowest BCUT2D eigenvalue weighted by atomic mass is 9.98. The Balaban J connectivity index is 2.43. The average molecular weight is 285 g/mol. The Morgan fingerprint density at radius 1 is 1.42 bits per heavy atom. The summed E-state index contributed by atoms with van der Waals surface area (Å²) in [5, 5.41) is 0.254. The van der Waals surface area contributed by atoms with Crippen LogP contribution in [0.15, 0.2) is 5.03 Å². The molecule has 2 rings (SSSR count). The first-order valence-electron chi connectivity index (χ1n) is 7.07. The highest BCUT2D eigenvalue weighted by Crippen LogP contribution is 2.27. The zero-order valence-corrected chi connectivity index (χ0v) is 12.8. The van der Waals surface area contributed by atoms with Crippen molar-refractivity contribution in [2.24, 2.45) is 5.92 Å². The predicted octanol–water partition coefficient (Wildman–Crippen LogP) is 1.72. The Morgan fingerprint density at radius 3 is 2.79 bits per heavy atom. The van der Waals surface area contributed by atoms with Gasteiger partial charge >= 0.3 is 0 Å². The monoisotopic (exact) mass is 285 g/mol. The van der Waals surface area contributed by atoms with E-state index in [1.165, 1.54) is 0 Å². The zero-order valence-electron chi connectivity index (χ0n) is 11.9. The first kappa shape index (κ1) is 14.5. The third kappa shape index (κ3) is 2.84. The summed E-state index contributed by atoms with van der Waals surface area (Å²) in [6.45, 7) is 7.48. The molecule has 0 saturated heterocycles. The maximum absolute atomic E-state index is 12.3. The molecule has 0 fully saturated rings. The lowest BCUT2D eigenvalue weighted by Crippen LogP contribution is -2.27. The SMILES string of the molecule is CCCNS(=O)(=O)c1nc(CC)n2c1CC(C)CC2. The standard InChI is InChI=1S/C13H23N3O2S/c1-4-7-14-19(17,18)13-11-9-10(3)6-8-16(11)12(5-2)15-13/h10,14H,4-9H2,1-3H3. The number of imidazole rings is 1. The van der Waals surface area contributed by atoms with Crippen molar-refractivity contribution in [2.75, 3.05) is 6.54 Å². The number of aromatic nitrogens is 2. The van der Waals surface area contributed by atoms with E-state index >= 15 is 0 Å². The van der Waals surface area contributed by atoms with Gasteiger partial charge in [0.05, 0.1) is 5.69 Å². The average Bonchev–Trinajstić information content (AvgIpc) is 2.75. The second-order valence-corrected chi connectivity index (χ2v) is 6.96. The second kappa shape index (κ2) is 5.63. The molecule has 19 heavy (non-hydrogen) atoms. The van der Waals surface area contributed by atoms with Crippen LogP contribution in [0.2, 0.25) is 0 Å².